The number of hydrogen-bond acceptors (Lipinski definition) is 20. The molecule has 420 valence electrons. The van der Waals surface area contributed by atoms with Crippen molar-refractivity contribution < 1.29 is 46.1 Å². The predicted octanol–water partition coefficient (Wildman–Crippen LogP) is 10.0. The fourth-order valence-electron chi connectivity index (χ4n) is 8.32. The highest BCUT2D eigenvalue weighted by Crippen LogP contribution is 2.49. The summed E-state index contributed by atoms with van der Waals surface area (Å²) in [6, 6.07) is 18.4. The van der Waals surface area contributed by atoms with Crippen molar-refractivity contribution in [2.75, 3.05) is 47.0 Å². The van der Waals surface area contributed by atoms with Gasteiger partial charge in [-0.15, -0.1) is 0 Å². The molecule has 0 bridgehead atoms. The molecule has 3 aliphatic rings. The quantitative estimate of drug-likeness (QED) is 0.0682. The van der Waals surface area contributed by atoms with Gasteiger partial charge in [-0.05, 0) is 111 Å². The van der Waals surface area contributed by atoms with E-state index in [1.54, 1.807) is 89.7 Å². The first-order valence-electron chi connectivity index (χ1n) is 25.7. The standard InChI is InChI=1S/C18H18N4O3.C16H17N3O3.C15H16BrN3O2.C9H10NO2S/c1-11-20-7-15(17-8-19-10-25-17)18(22-11)24-9-12-5-14(12)16-4-3-13(23-2)6-21-16;1-10-17-6-12(8-20)16(19-10)22-9-11-5-14(11)15-4-3-13(21-2)7-18-15;1-9-17-7-13(16)15(19-9)21-8-10-5-12(10)14-4-3-11(20-2)6-18-14;1-8-3-5-9(6-4-8)13(11,12)7-10-2/h3-4,6-8,10,12,14H,5,9H2,1-2H3;3-4,6-8,11,14H,5,9H2,1-2H3;3-4,6-7,10,12H,5,8H2,1-2H3;2-6H,7H2,1H3/q;;;+1/t12-,14+;11-,14+;10-,12+;/m111./s1. The van der Waals surface area contributed by atoms with E-state index in [9.17, 15) is 13.2 Å². The van der Waals surface area contributed by atoms with E-state index >= 15 is 0 Å². The van der Waals surface area contributed by atoms with Gasteiger partial charge in [-0.2, -0.15) is 15.0 Å². The van der Waals surface area contributed by atoms with E-state index in [4.69, 9.17) is 39.4 Å². The first kappa shape index (κ1) is 58.7. The van der Waals surface area contributed by atoms with E-state index in [2.05, 4.69) is 70.6 Å². The smallest absolute Gasteiger partial charge is 0.364 e. The van der Waals surface area contributed by atoms with Crippen LogP contribution in [0.1, 0.15) is 87.5 Å². The van der Waals surface area contributed by atoms with Gasteiger partial charge < -0.3 is 32.8 Å². The predicted molar refractivity (Wildman–Crippen MR) is 302 cm³/mol. The third-order valence-corrected chi connectivity index (χ3v) is 15.3. The Hall–Kier alpha value is -8.49. The normalized spacial score (nSPS) is 18.1. The molecule has 0 N–H and O–H groups in total. The molecule has 7 heterocycles. The lowest BCUT2D eigenvalue weighted by Crippen LogP contribution is -2.06. The van der Waals surface area contributed by atoms with E-state index in [0.717, 1.165) is 63.6 Å². The number of aryl methyl sites for hydroxylation is 4. The number of benzene rings is 1. The SMILES string of the molecule is C#[N+]CS(=O)(=O)c1ccc(C)cc1.COc1ccc([C@H]2C[C@@H]2COc2nc(C)ncc2-c2cnco2)nc1.COc1ccc([C@H]2C[C@@H]2COc2nc(C)ncc2Br)nc1.COc1ccc([C@H]2C[C@@H]2COc2nc(C)ncc2C=O)nc1. The molecule has 0 saturated heterocycles. The number of halogens is 1. The summed E-state index contributed by atoms with van der Waals surface area (Å²) in [6.45, 7) is 13.9. The summed E-state index contributed by atoms with van der Waals surface area (Å²) >= 11 is 3.40. The Kier molecular flexibility index (Phi) is 20.0. The number of carbonyl (C=O) groups excluding carboxylic acids is 1. The topological polar surface area (TPSA) is 253 Å². The van der Waals surface area contributed by atoms with Gasteiger partial charge in [-0.1, -0.05) is 22.5 Å². The lowest BCUT2D eigenvalue weighted by Gasteiger charge is -2.09. The Morgan fingerprint density at radius 3 is 1.49 bits per heavy atom. The highest BCUT2D eigenvalue weighted by molar-refractivity contribution is 9.10. The zero-order valence-corrected chi connectivity index (χ0v) is 48.2. The van der Waals surface area contributed by atoms with Crippen LogP contribution < -0.4 is 28.4 Å². The molecular formula is C58H61BrN11O10S+. The number of carbonyl (C=O) groups is 1. The average molecular weight is 1180 g/mol. The Morgan fingerprint density at radius 1 is 0.593 bits per heavy atom. The molecule has 1 aromatic carbocycles. The number of methoxy groups -OCH3 is 3. The van der Waals surface area contributed by atoms with Gasteiger partial charge in [-0.3, -0.25) is 19.7 Å². The van der Waals surface area contributed by atoms with Gasteiger partial charge in [0.05, 0.1) is 86.4 Å². The molecule has 3 fully saturated rings. The molecule has 0 aliphatic heterocycles. The maximum atomic E-state index is 11.4. The van der Waals surface area contributed by atoms with Crippen LogP contribution in [0.25, 0.3) is 16.2 Å². The summed E-state index contributed by atoms with van der Waals surface area (Å²) in [5.74, 6) is 8.59. The van der Waals surface area contributed by atoms with Gasteiger partial charge in [0.15, 0.2) is 18.4 Å². The van der Waals surface area contributed by atoms with Crippen molar-refractivity contribution in [3.8, 4) is 52.8 Å². The van der Waals surface area contributed by atoms with Gasteiger partial charge in [0.25, 0.3) is 16.4 Å². The summed E-state index contributed by atoms with van der Waals surface area (Å²) < 4.78 is 61.7. The van der Waals surface area contributed by atoms with Gasteiger partial charge in [0.2, 0.25) is 17.6 Å². The fraction of sp³-hybridized carbons (Fsp3) is 0.345. The molecule has 8 aromatic rings. The highest BCUT2D eigenvalue weighted by Gasteiger charge is 2.42. The molecule has 3 saturated carbocycles. The summed E-state index contributed by atoms with van der Waals surface area (Å²) in [5.41, 5.74) is 5.33. The zero-order valence-electron chi connectivity index (χ0n) is 45.7. The Labute approximate surface area is 478 Å². The molecule has 23 heteroatoms. The molecule has 0 amide bonds. The number of sulfone groups is 1. The van der Waals surface area contributed by atoms with Crippen LogP contribution in [-0.2, 0) is 9.84 Å². The van der Waals surface area contributed by atoms with Gasteiger partial charge in [-0.25, -0.2) is 28.4 Å². The Bertz CT molecular complexity index is 3510. The first-order valence-corrected chi connectivity index (χ1v) is 28.2. The maximum absolute atomic E-state index is 11.4. The number of aldehydes is 1. The van der Waals surface area contributed by atoms with Crippen LogP contribution in [-0.4, -0.2) is 112 Å². The average Bonchev–Trinajstić information content (AvgIpc) is 4.65. The number of nitrogens with zero attached hydrogens (tertiary/aromatic N) is 11. The number of rotatable bonds is 19. The van der Waals surface area contributed by atoms with Crippen molar-refractivity contribution in [2.24, 2.45) is 17.8 Å². The minimum Gasteiger partial charge on any atom is -0.495 e. The van der Waals surface area contributed by atoms with Crippen molar-refractivity contribution >= 4 is 32.1 Å². The number of aromatic nitrogens is 10. The third kappa shape index (κ3) is 16.5. The van der Waals surface area contributed by atoms with Crippen molar-refractivity contribution in [3.05, 3.63) is 165 Å². The number of oxazole rings is 1. The lowest BCUT2D eigenvalue weighted by molar-refractivity contribution is 0.111. The van der Waals surface area contributed by atoms with Crippen LogP contribution in [0.3, 0.4) is 0 Å². The molecular weight excluding hydrogens is 1120 g/mol. The second kappa shape index (κ2) is 27.6. The molecule has 6 atom stereocenters. The molecule has 11 rings (SSSR count). The van der Waals surface area contributed by atoms with Crippen LogP contribution >= 0.6 is 15.9 Å². The lowest BCUT2D eigenvalue weighted by atomic mass is 10.2. The number of hydrogen-bond donors (Lipinski definition) is 0. The van der Waals surface area contributed by atoms with E-state index in [-0.39, 0.29) is 10.8 Å². The summed E-state index contributed by atoms with van der Waals surface area (Å²) in [4.78, 5) is 56.7. The fourth-order valence-corrected chi connectivity index (χ4v) is 9.52. The Balaban J connectivity index is 0.000000145. The third-order valence-electron chi connectivity index (χ3n) is 13.3. The van der Waals surface area contributed by atoms with Crippen molar-refractivity contribution in [2.45, 2.75) is 69.6 Å². The maximum Gasteiger partial charge on any atom is 0.364 e. The first-order chi connectivity index (χ1) is 39.2. The minimum absolute atomic E-state index is 0.257. The van der Waals surface area contributed by atoms with Crippen LogP contribution in [0.5, 0.6) is 34.9 Å². The second-order valence-electron chi connectivity index (χ2n) is 19.2. The number of ether oxygens (including phenoxy) is 6. The summed E-state index contributed by atoms with van der Waals surface area (Å²) in [5, 5.41) is 0. The molecule has 0 spiro atoms. The monoisotopic (exact) mass is 1180 g/mol. The summed E-state index contributed by atoms with van der Waals surface area (Å²) in [6.07, 6.45) is 17.0. The zero-order chi connectivity index (χ0) is 57.5. The van der Waals surface area contributed by atoms with Crippen LogP contribution in [0.15, 0.2) is 124 Å². The van der Waals surface area contributed by atoms with Crippen LogP contribution in [0.4, 0.5) is 0 Å². The van der Waals surface area contributed by atoms with Crippen molar-refractivity contribution in [1.29, 1.82) is 0 Å². The van der Waals surface area contributed by atoms with Gasteiger partial charge in [0.1, 0.15) is 34.7 Å². The molecule has 21 nitrogen and oxygen atoms in total. The molecule has 3 aliphatic carbocycles. The molecule has 81 heavy (non-hydrogen) atoms. The Morgan fingerprint density at radius 2 is 1.05 bits per heavy atom. The van der Waals surface area contributed by atoms with Gasteiger partial charge in [0, 0.05) is 71.2 Å². The van der Waals surface area contributed by atoms with Gasteiger partial charge >= 0.3 is 5.88 Å². The van der Waals surface area contributed by atoms with E-state index in [1.165, 1.54) is 12.6 Å². The highest BCUT2D eigenvalue weighted by atomic mass is 79.9. The number of pyridine rings is 3. The largest absolute Gasteiger partial charge is 0.495 e. The molecule has 0 unspecified atom stereocenters. The van der Waals surface area contributed by atoms with Crippen molar-refractivity contribution in [1.82, 2.24) is 49.8 Å². The molecule has 7 aromatic heterocycles. The van der Waals surface area contributed by atoms with E-state index < -0.39 is 9.84 Å². The van der Waals surface area contributed by atoms with Crippen LogP contribution in [0, 0.1) is 52.0 Å². The van der Waals surface area contributed by atoms with Crippen molar-refractivity contribution in [3.63, 3.8) is 0 Å². The van der Waals surface area contributed by atoms with E-state index in [0.29, 0.717) is 114 Å². The second-order valence-corrected chi connectivity index (χ2v) is 22.0. The van der Waals surface area contributed by atoms with E-state index in [1.807, 2.05) is 57.2 Å². The minimum atomic E-state index is -3.32. The summed E-state index contributed by atoms with van der Waals surface area (Å²) in [7, 11) is 1.59. The molecule has 0 radical (unpaired) electrons. The van der Waals surface area contributed by atoms with Crippen LogP contribution in [0.2, 0.25) is 0 Å².